The summed E-state index contributed by atoms with van der Waals surface area (Å²) in [6.07, 6.45) is 3.57. The van der Waals surface area contributed by atoms with E-state index in [-0.39, 0.29) is 23.6 Å². The molecule has 0 fully saturated rings. The monoisotopic (exact) mass is 375 g/mol. The summed E-state index contributed by atoms with van der Waals surface area (Å²) in [5.74, 6) is -2.05. The van der Waals surface area contributed by atoms with E-state index in [9.17, 15) is 13.6 Å². The van der Waals surface area contributed by atoms with Crippen molar-refractivity contribution in [3.8, 4) is 11.6 Å². The highest BCUT2D eigenvalue weighted by atomic mass is 19.1. The van der Waals surface area contributed by atoms with Crippen LogP contribution in [0.15, 0.2) is 30.6 Å². The predicted molar refractivity (Wildman–Crippen MR) is 95.3 cm³/mol. The van der Waals surface area contributed by atoms with E-state index >= 15 is 0 Å². The summed E-state index contributed by atoms with van der Waals surface area (Å²) >= 11 is 0. The van der Waals surface area contributed by atoms with Gasteiger partial charge in [-0.1, -0.05) is 6.92 Å². The summed E-state index contributed by atoms with van der Waals surface area (Å²) in [4.78, 5) is 24.1. The first kappa shape index (κ1) is 18.7. The Kier molecular flexibility index (Phi) is 5.31. The van der Waals surface area contributed by atoms with E-state index in [0.717, 1.165) is 18.6 Å². The third-order valence-electron chi connectivity index (χ3n) is 4.19. The predicted octanol–water partition coefficient (Wildman–Crippen LogP) is 3.40. The number of hydrogen-bond donors (Lipinski definition) is 2. The number of rotatable bonds is 6. The molecule has 1 unspecified atom stereocenters. The van der Waals surface area contributed by atoms with E-state index in [0.29, 0.717) is 22.8 Å². The Balaban J connectivity index is 1.95. The summed E-state index contributed by atoms with van der Waals surface area (Å²) in [7, 11) is 1.66. The van der Waals surface area contributed by atoms with Crippen molar-refractivity contribution in [1.82, 2.24) is 25.4 Å². The molecule has 9 heteroatoms. The number of H-pyrrole nitrogens is 1. The Hall–Kier alpha value is -3.07. The van der Waals surface area contributed by atoms with Crippen LogP contribution in [0.25, 0.3) is 11.2 Å². The van der Waals surface area contributed by atoms with Crippen LogP contribution in [0.2, 0.25) is 0 Å². The Bertz CT molecular complexity index is 976. The smallest absolute Gasteiger partial charge is 0.272 e. The van der Waals surface area contributed by atoms with Crippen molar-refractivity contribution in [2.45, 2.75) is 26.3 Å². The summed E-state index contributed by atoms with van der Waals surface area (Å²) in [5.41, 5.74) is 3.87. The van der Waals surface area contributed by atoms with Crippen LogP contribution in [-0.4, -0.2) is 39.0 Å². The van der Waals surface area contributed by atoms with Gasteiger partial charge in [-0.3, -0.25) is 9.80 Å². The molecule has 2 heterocycles. The highest BCUT2D eigenvalue weighted by Crippen LogP contribution is 2.25. The molecule has 0 aliphatic rings. The normalized spacial score (nSPS) is 12.2. The number of hydrogen-bond acceptors (Lipinski definition) is 5. The van der Waals surface area contributed by atoms with Crippen molar-refractivity contribution >= 4 is 17.1 Å². The van der Waals surface area contributed by atoms with Crippen LogP contribution in [0.5, 0.6) is 11.6 Å². The number of benzene rings is 1. The van der Waals surface area contributed by atoms with Gasteiger partial charge in [0.1, 0.15) is 11.3 Å². The topological polar surface area (TPSA) is 83.1 Å². The fourth-order valence-corrected chi connectivity index (χ4v) is 2.59. The summed E-state index contributed by atoms with van der Waals surface area (Å²) in [6.45, 7) is 3.89. The van der Waals surface area contributed by atoms with E-state index in [4.69, 9.17) is 4.74 Å². The lowest BCUT2D eigenvalue weighted by atomic mass is 10.2. The second-order valence-corrected chi connectivity index (χ2v) is 5.94. The lowest BCUT2D eigenvalue weighted by molar-refractivity contribution is 0.0590. The van der Waals surface area contributed by atoms with Crippen molar-refractivity contribution in [2.24, 2.45) is 0 Å². The molecule has 3 rings (SSSR count). The van der Waals surface area contributed by atoms with E-state index in [2.05, 4.69) is 20.4 Å². The number of hydrazine groups is 1. The molecular formula is C18H19F2N5O2. The second-order valence-electron chi connectivity index (χ2n) is 5.94. The highest BCUT2D eigenvalue weighted by Gasteiger charge is 2.23. The largest absolute Gasteiger partial charge is 0.434 e. The number of aromatic amines is 1. The number of carbonyl (C=O) groups is 1. The Morgan fingerprint density at radius 3 is 2.85 bits per heavy atom. The van der Waals surface area contributed by atoms with Gasteiger partial charge in [0.05, 0.1) is 11.8 Å². The minimum atomic E-state index is -0.861. The van der Waals surface area contributed by atoms with Gasteiger partial charge >= 0.3 is 0 Å². The molecule has 0 aliphatic carbocycles. The summed E-state index contributed by atoms with van der Waals surface area (Å²) in [6, 6.07) is 2.91. The minimum Gasteiger partial charge on any atom is -0.434 e. The molecule has 1 atom stereocenters. The Morgan fingerprint density at radius 2 is 2.19 bits per heavy atom. The quantitative estimate of drug-likeness (QED) is 0.645. The maximum absolute atomic E-state index is 13.8. The van der Waals surface area contributed by atoms with Crippen LogP contribution in [0.1, 0.15) is 30.6 Å². The first-order valence-corrected chi connectivity index (χ1v) is 8.42. The molecule has 1 amide bonds. The molecule has 7 nitrogen and oxygen atoms in total. The number of nitrogens with zero attached hydrogens (tertiary/aromatic N) is 3. The van der Waals surface area contributed by atoms with Crippen molar-refractivity contribution in [2.75, 3.05) is 7.05 Å². The molecule has 2 aromatic heterocycles. The zero-order valence-electron chi connectivity index (χ0n) is 15.1. The maximum atomic E-state index is 13.8. The third kappa shape index (κ3) is 3.72. The number of halogens is 2. The van der Waals surface area contributed by atoms with Gasteiger partial charge in [0.2, 0.25) is 5.88 Å². The fourth-order valence-electron chi connectivity index (χ4n) is 2.59. The lowest BCUT2D eigenvalue weighted by Crippen LogP contribution is -2.46. The Labute approximate surface area is 154 Å². The lowest BCUT2D eigenvalue weighted by Gasteiger charge is -2.26. The number of fused-ring (bicyclic) bond motifs is 1. The Morgan fingerprint density at radius 1 is 1.41 bits per heavy atom. The summed E-state index contributed by atoms with van der Waals surface area (Å²) < 4.78 is 32.2. The van der Waals surface area contributed by atoms with Gasteiger partial charge in [0.25, 0.3) is 5.91 Å². The standard InChI is InChI=1S/C18H19F2N5O2/c1-4-10(2)25(21-3)18(26)12-8-22-17-16(12)24-15(9-23-17)27-14-6-5-11(19)7-13(14)20/h5-10,21H,4H2,1-3H3,(H,22,23). The van der Waals surface area contributed by atoms with E-state index in [1.54, 1.807) is 7.05 Å². The third-order valence-corrected chi connectivity index (χ3v) is 4.19. The van der Waals surface area contributed by atoms with Crippen LogP contribution in [0.4, 0.5) is 8.78 Å². The zero-order chi connectivity index (χ0) is 19.6. The van der Waals surface area contributed by atoms with E-state index in [1.165, 1.54) is 17.4 Å². The van der Waals surface area contributed by atoms with Gasteiger partial charge in [-0.25, -0.2) is 24.2 Å². The van der Waals surface area contributed by atoms with Crippen molar-refractivity contribution < 1.29 is 18.3 Å². The molecule has 0 aliphatic heterocycles. The van der Waals surface area contributed by atoms with Gasteiger partial charge in [0, 0.05) is 25.4 Å². The first-order chi connectivity index (χ1) is 12.9. The zero-order valence-corrected chi connectivity index (χ0v) is 15.1. The average Bonchev–Trinajstić information content (AvgIpc) is 3.07. The molecule has 27 heavy (non-hydrogen) atoms. The molecular weight excluding hydrogens is 356 g/mol. The van der Waals surface area contributed by atoms with Gasteiger partial charge < -0.3 is 9.72 Å². The number of nitrogens with one attached hydrogen (secondary N) is 2. The average molecular weight is 375 g/mol. The van der Waals surface area contributed by atoms with Gasteiger partial charge in [0.15, 0.2) is 17.2 Å². The first-order valence-electron chi connectivity index (χ1n) is 8.42. The van der Waals surface area contributed by atoms with E-state index in [1.807, 2.05) is 13.8 Å². The highest BCUT2D eigenvalue weighted by molar-refractivity contribution is 6.04. The maximum Gasteiger partial charge on any atom is 0.272 e. The molecule has 0 saturated carbocycles. The number of ether oxygens (including phenoxy) is 1. The van der Waals surface area contributed by atoms with Crippen LogP contribution >= 0.6 is 0 Å². The number of carbonyl (C=O) groups excluding carboxylic acids is 1. The SMILES string of the molecule is CCC(C)N(NC)C(=O)c1c[nH]c2ncc(Oc3ccc(F)cc3F)nc12. The second kappa shape index (κ2) is 7.67. The van der Waals surface area contributed by atoms with Crippen LogP contribution < -0.4 is 10.2 Å². The number of amides is 1. The fraction of sp³-hybridized carbons (Fsp3) is 0.278. The molecule has 142 valence electrons. The molecule has 0 bridgehead atoms. The molecule has 0 spiro atoms. The van der Waals surface area contributed by atoms with Gasteiger partial charge in [-0.05, 0) is 25.5 Å². The van der Waals surface area contributed by atoms with Crippen molar-refractivity contribution in [3.05, 3.63) is 47.8 Å². The van der Waals surface area contributed by atoms with Gasteiger partial charge in [-0.2, -0.15) is 0 Å². The van der Waals surface area contributed by atoms with Crippen LogP contribution in [0.3, 0.4) is 0 Å². The molecule has 1 aromatic carbocycles. The van der Waals surface area contributed by atoms with Crippen LogP contribution in [0, 0.1) is 11.6 Å². The van der Waals surface area contributed by atoms with Crippen LogP contribution in [-0.2, 0) is 0 Å². The van der Waals surface area contributed by atoms with Gasteiger partial charge in [-0.15, -0.1) is 0 Å². The van der Waals surface area contributed by atoms with Crippen molar-refractivity contribution in [3.63, 3.8) is 0 Å². The van der Waals surface area contributed by atoms with E-state index < -0.39 is 11.6 Å². The number of aromatic nitrogens is 3. The molecule has 0 saturated heterocycles. The van der Waals surface area contributed by atoms with Crippen molar-refractivity contribution in [1.29, 1.82) is 0 Å². The molecule has 3 aromatic rings. The summed E-state index contributed by atoms with van der Waals surface area (Å²) in [5, 5.41) is 1.50. The minimum absolute atomic E-state index is 0.0128. The molecule has 2 N–H and O–H groups in total. The molecule has 0 radical (unpaired) electrons.